The van der Waals surface area contributed by atoms with E-state index >= 15 is 0 Å². The van der Waals surface area contributed by atoms with E-state index in [1.54, 1.807) is 18.4 Å². The smallest absolute Gasteiger partial charge is 0.203 e. The number of aldehydes is 1. The summed E-state index contributed by atoms with van der Waals surface area (Å²) >= 11 is 0. The van der Waals surface area contributed by atoms with Gasteiger partial charge in [-0.25, -0.2) is 0 Å². The molecule has 0 aliphatic rings. The number of aliphatic hydroxyl groups is 1. The normalized spacial score (nSPS) is 10.5. The molecule has 0 spiro atoms. The Morgan fingerprint density at radius 1 is 1.07 bits per heavy atom. The standard InChI is InChI=1S/C22H23NO6/c1-26-19-12-15(13-25)20(22(28-3)21(19)27-2)16-11-14(18-5-4-10-29-18)6-7-17(16)23-8-9-24/h4-7,10-13,23-24H,8-9H2,1-3H3. The summed E-state index contributed by atoms with van der Waals surface area (Å²) in [4.78, 5) is 11.9. The minimum Gasteiger partial charge on any atom is -0.493 e. The number of benzene rings is 2. The molecule has 29 heavy (non-hydrogen) atoms. The molecule has 0 atom stereocenters. The van der Waals surface area contributed by atoms with Crippen molar-refractivity contribution in [3.63, 3.8) is 0 Å². The first-order valence-electron chi connectivity index (χ1n) is 8.99. The molecule has 0 bridgehead atoms. The van der Waals surface area contributed by atoms with E-state index in [4.69, 9.17) is 18.6 Å². The summed E-state index contributed by atoms with van der Waals surface area (Å²) in [5.74, 6) is 1.83. The Labute approximate surface area is 168 Å². The predicted octanol–water partition coefficient (Wildman–Crippen LogP) is 3.86. The number of nitrogens with one attached hydrogen (secondary N) is 1. The third-order valence-corrected chi connectivity index (χ3v) is 4.51. The summed E-state index contributed by atoms with van der Waals surface area (Å²) in [5.41, 5.74) is 3.18. The van der Waals surface area contributed by atoms with E-state index in [1.165, 1.54) is 21.3 Å². The molecule has 7 nitrogen and oxygen atoms in total. The molecular formula is C22H23NO6. The minimum atomic E-state index is -0.0387. The number of rotatable bonds is 9. The molecule has 0 fully saturated rings. The summed E-state index contributed by atoms with van der Waals surface area (Å²) in [6.07, 6.45) is 2.34. The maximum Gasteiger partial charge on any atom is 0.203 e. The van der Waals surface area contributed by atoms with Crippen LogP contribution in [-0.2, 0) is 0 Å². The Morgan fingerprint density at radius 2 is 1.86 bits per heavy atom. The Kier molecular flexibility index (Phi) is 6.41. The Morgan fingerprint density at radius 3 is 2.45 bits per heavy atom. The zero-order valence-electron chi connectivity index (χ0n) is 16.5. The SMILES string of the molecule is COc1cc(C=O)c(-c2cc(-c3ccco3)ccc2NCCO)c(OC)c1OC. The lowest BCUT2D eigenvalue weighted by Gasteiger charge is -2.20. The molecular weight excluding hydrogens is 374 g/mol. The molecule has 1 heterocycles. The van der Waals surface area contributed by atoms with E-state index in [9.17, 15) is 9.90 Å². The second kappa shape index (κ2) is 9.16. The van der Waals surface area contributed by atoms with Crippen LogP contribution in [0.5, 0.6) is 17.2 Å². The average molecular weight is 397 g/mol. The van der Waals surface area contributed by atoms with Crippen LogP contribution in [-0.4, -0.2) is 45.9 Å². The van der Waals surface area contributed by atoms with Gasteiger partial charge in [0.1, 0.15) is 5.76 Å². The number of hydrogen-bond donors (Lipinski definition) is 2. The van der Waals surface area contributed by atoms with Gasteiger partial charge < -0.3 is 29.1 Å². The van der Waals surface area contributed by atoms with Crippen molar-refractivity contribution in [1.29, 1.82) is 0 Å². The third-order valence-electron chi connectivity index (χ3n) is 4.51. The quantitative estimate of drug-likeness (QED) is 0.530. The summed E-state index contributed by atoms with van der Waals surface area (Å²) in [7, 11) is 4.51. The molecule has 3 rings (SSSR count). The van der Waals surface area contributed by atoms with E-state index in [0.717, 1.165) is 17.5 Å². The average Bonchev–Trinajstić information content (AvgIpc) is 3.30. The first-order valence-corrected chi connectivity index (χ1v) is 8.99. The van der Waals surface area contributed by atoms with Crippen LogP contribution in [0.15, 0.2) is 47.1 Å². The number of ether oxygens (including phenoxy) is 3. The number of aliphatic hydroxyl groups excluding tert-OH is 1. The molecule has 2 aromatic carbocycles. The monoisotopic (exact) mass is 397 g/mol. The van der Waals surface area contributed by atoms with Crippen molar-refractivity contribution in [2.24, 2.45) is 0 Å². The van der Waals surface area contributed by atoms with Gasteiger partial charge in [0.15, 0.2) is 17.8 Å². The number of anilines is 1. The van der Waals surface area contributed by atoms with Crippen molar-refractivity contribution in [2.45, 2.75) is 0 Å². The van der Waals surface area contributed by atoms with Crippen molar-refractivity contribution < 1.29 is 28.5 Å². The van der Waals surface area contributed by atoms with Crippen molar-refractivity contribution >= 4 is 12.0 Å². The van der Waals surface area contributed by atoms with Gasteiger partial charge in [0.2, 0.25) is 5.75 Å². The molecule has 7 heteroatoms. The van der Waals surface area contributed by atoms with Crippen LogP contribution in [0.3, 0.4) is 0 Å². The lowest BCUT2D eigenvalue weighted by atomic mass is 9.94. The van der Waals surface area contributed by atoms with Gasteiger partial charge in [0.25, 0.3) is 0 Å². The maximum atomic E-state index is 11.9. The Bertz CT molecular complexity index is 981. The number of hydrogen-bond acceptors (Lipinski definition) is 7. The second-order valence-electron chi connectivity index (χ2n) is 6.12. The van der Waals surface area contributed by atoms with Crippen LogP contribution >= 0.6 is 0 Å². The van der Waals surface area contributed by atoms with Gasteiger partial charge in [-0.15, -0.1) is 0 Å². The highest BCUT2D eigenvalue weighted by atomic mass is 16.5. The zero-order valence-corrected chi connectivity index (χ0v) is 16.5. The molecule has 1 aromatic heterocycles. The molecule has 2 N–H and O–H groups in total. The van der Waals surface area contributed by atoms with Crippen LogP contribution < -0.4 is 19.5 Å². The number of carbonyl (C=O) groups excluding carboxylic acids is 1. The van der Waals surface area contributed by atoms with Crippen LogP contribution in [0, 0.1) is 0 Å². The van der Waals surface area contributed by atoms with E-state index < -0.39 is 0 Å². The molecule has 0 radical (unpaired) electrons. The first kappa shape index (κ1) is 20.3. The molecule has 0 aliphatic heterocycles. The highest BCUT2D eigenvalue weighted by Gasteiger charge is 2.24. The van der Waals surface area contributed by atoms with E-state index in [-0.39, 0.29) is 6.61 Å². The van der Waals surface area contributed by atoms with Crippen molar-refractivity contribution in [2.75, 3.05) is 39.8 Å². The molecule has 0 saturated carbocycles. The van der Waals surface area contributed by atoms with Gasteiger partial charge in [0, 0.05) is 34.5 Å². The largest absolute Gasteiger partial charge is 0.493 e. The van der Waals surface area contributed by atoms with Crippen LogP contribution in [0.25, 0.3) is 22.5 Å². The highest BCUT2D eigenvalue weighted by Crippen LogP contribution is 2.48. The number of methoxy groups -OCH3 is 3. The summed E-state index contributed by atoms with van der Waals surface area (Å²) < 4.78 is 22.0. The van der Waals surface area contributed by atoms with Gasteiger partial charge >= 0.3 is 0 Å². The van der Waals surface area contributed by atoms with E-state index in [1.807, 2.05) is 24.3 Å². The van der Waals surface area contributed by atoms with Crippen LogP contribution in [0.4, 0.5) is 5.69 Å². The molecule has 3 aromatic rings. The molecule has 0 unspecified atom stereocenters. The van der Waals surface area contributed by atoms with Crippen molar-refractivity contribution in [3.8, 4) is 39.7 Å². The fraction of sp³-hybridized carbons (Fsp3) is 0.227. The fourth-order valence-corrected chi connectivity index (χ4v) is 3.24. The van der Waals surface area contributed by atoms with Gasteiger partial charge in [-0.1, -0.05) is 0 Å². The van der Waals surface area contributed by atoms with Gasteiger partial charge in [-0.05, 0) is 36.4 Å². The summed E-state index contributed by atoms with van der Waals surface area (Å²) in [6, 6.07) is 10.9. The zero-order chi connectivity index (χ0) is 20.8. The minimum absolute atomic E-state index is 0.0387. The second-order valence-corrected chi connectivity index (χ2v) is 6.12. The highest BCUT2D eigenvalue weighted by molar-refractivity contribution is 5.98. The number of furan rings is 1. The molecule has 152 valence electrons. The predicted molar refractivity (Wildman–Crippen MR) is 110 cm³/mol. The maximum absolute atomic E-state index is 11.9. The summed E-state index contributed by atoms with van der Waals surface area (Å²) in [6.45, 7) is 0.308. The van der Waals surface area contributed by atoms with Gasteiger partial charge in [-0.2, -0.15) is 0 Å². The Hall–Kier alpha value is -3.45. The molecule has 0 saturated heterocycles. The Balaban J connectivity index is 2.32. The summed E-state index contributed by atoms with van der Waals surface area (Å²) in [5, 5.41) is 12.4. The van der Waals surface area contributed by atoms with Crippen LogP contribution in [0.2, 0.25) is 0 Å². The lowest BCUT2D eigenvalue weighted by Crippen LogP contribution is -2.08. The lowest BCUT2D eigenvalue weighted by molar-refractivity contribution is 0.112. The molecule has 0 amide bonds. The van der Waals surface area contributed by atoms with Gasteiger partial charge in [-0.3, -0.25) is 4.79 Å². The van der Waals surface area contributed by atoms with Gasteiger partial charge in [0.05, 0.1) is 34.2 Å². The van der Waals surface area contributed by atoms with Crippen molar-refractivity contribution in [3.05, 3.63) is 48.2 Å². The third kappa shape index (κ3) is 3.90. The first-order chi connectivity index (χ1) is 14.2. The van der Waals surface area contributed by atoms with E-state index in [0.29, 0.717) is 46.2 Å². The van der Waals surface area contributed by atoms with Crippen LogP contribution in [0.1, 0.15) is 10.4 Å². The van der Waals surface area contributed by atoms with E-state index in [2.05, 4.69) is 5.32 Å². The van der Waals surface area contributed by atoms with Crippen molar-refractivity contribution in [1.82, 2.24) is 0 Å². The topological polar surface area (TPSA) is 90.2 Å². The fourth-order valence-electron chi connectivity index (χ4n) is 3.24. The number of carbonyl (C=O) groups is 1. The molecule has 0 aliphatic carbocycles.